The Morgan fingerprint density at radius 1 is 1.24 bits per heavy atom. The second kappa shape index (κ2) is 4.41. The van der Waals surface area contributed by atoms with E-state index in [2.05, 4.69) is 31.4 Å². The fourth-order valence-electron chi connectivity index (χ4n) is 1.48. The van der Waals surface area contributed by atoms with Gasteiger partial charge in [-0.15, -0.1) is 0 Å². The zero-order valence-corrected chi connectivity index (χ0v) is 11.0. The highest BCUT2D eigenvalue weighted by Crippen LogP contribution is 2.34. The quantitative estimate of drug-likeness (QED) is 0.752. The molecule has 0 bridgehead atoms. The van der Waals surface area contributed by atoms with Gasteiger partial charge in [-0.25, -0.2) is 0 Å². The third kappa shape index (κ3) is 3.23. The summed E-state index contributed by atoms with van der Waals surface area (Å²) >= 11 is 5.22. The molecule has 0 fully saturated rings. The Morgan fingerprint density at radius 3 is 2.65 bits per heavy atom. The molecule has 2 rings (SSSR count). The first-order valence-corrected chi connectivity index (χ1v) is 5.84. The molecule has 1 aromatic rings. The summed E-state index contributed by atoms with van der Waals surface area (Å²) < 4.78 is 10.5. The van der Waals surface area contributed by atoms with E-state index in [4.69, 9.17) is 21.7 Å². The van der Waals surface area contributed by atoms with Crippen molar-refractivity contribution in [1.82, 2.24) is 5.32 Å². The highest BCUT2D eigenvalue weighted by molar-refractivity contribution is 7.80. The Labute approximate surface area is 106 Å². The molecule has 92 valence electrons. The van der Waals surface area contributed by atoms with Crippen molar-refractivity contribution < 1.29 is 9.47 Å². The molecule has 1 aliphatic heterocycles. The molecule has 17 heavy (non-hydrogen) atoms. The van der Waals surface area contributed by atoms with Crippen LogP contribution in [0.1, 0.15) is 20.8 Å². The Balaban J connectivity index is 2.02. The van der Waals surface area contributed by atoms with Crippen molar-refractivity contribution >= 4 is 23.0 Å². The molecule has 1 aromatic carbocycles. The topological polar surface area (TPSA) is 42.5 Å². The lowest BCUT2D eigenvalue weighted by Crippen LogP contribution is -2.42. The standard InChI is InChI=1S/C12H16N2O2S/c1-12(2,3)14-11(17)13-8-4-5-9-10(6-8)16-7-15-9/h4-6H,7H2,1-3H3,(H2,13,14,17). The molecule has 0 saturated heterocycles. The average Bonchev–Trinajstić information content (AvgIpc) is 2.61. The van der Waals surface area contributed by atoms with Crippen LogP contribution in [-0.4, -0.2) is 17.4 Å². The van der Waals surface area contributed by atoms with E-state index < -0.39 is 0 Å². The van der Waals surface area contributed by atoms with Crippen molar-refractivity contribution in [2.75, 3.05) is 12.1 Å². The van der Waals surface area contributed by atoms with Crippen LogP contribution in [0.3, 0.4) is 0 Å². The highest BCUT2D eigenvalue weighted by atomic mass is 32.1. The molecular weight excluding hydrogens is 236 g/mol. The second-order valence-corrected chi connectivity index (χ2v) is 5.31. The van der Waals surface area contributed by atoms with E-state index in [1.54, 1.807) is 0 Å². The van der Waals surface area contributed by atoms with E-state index in [1.165, 1.54) is 0 Å². The van der Waals surface area contributed by atoms with Crippen molar-refractivity contribution in [3.05, 3.63) is 18.2 Å². The van der Waals surface area contributed by atoms with Crippen LogP contribution in [0.15, 0.2) is 18.2 Å². The van der Waals surface area contributed by atoms with Gasteiger partial charge in [0.05, 0.1) is 0 Å². The average molecular weight is 252 g/mol. The van der Waals surface area contributed by atoms with Crippen LogP contribution >= 0.6 is 12.2 Å². The predicted octanol–water partition coefficient (Wildman–Crippen LogP) is 2.50. The summed E-state index contributed by atoms with van der Waals surface area (Å²) in [7, 11) is 0. The van der Waals surface area contributed by atoms with Gasteiger partial charge in [0, 0.05) is 17.3 Å². The van der Waals surface area contributed by atoms with Crippen LogP contribution in [0.5, 0.6) is 11.5 Å². The third-order valence-electron chi connectivity index (χ3n) is 2.12. The SMILES string of the molecule is CC(C)(C)NC(=S)Nc1ccc2c(c1)OCO2. The number of nitrogens with one attached hydrogen (secondary N) is 2. The Hall–Kier alpha value is -1.49. The lowest BCUT2D eigenvalue weighted by molar-refractivity contribution is 0.174. The number of ether oxygens (including phenoxy) is 2. The minimum Gasteiger partial charge on any atom is -0.454 e. The Kier molecular flexibility index (Phi) is 3.11. The molecule has 4 nitrogen and oxygen atoms in total. The summed E-state index contributed by atoms with van der Waals surface area (Å²) in [5.74, 6) is 1.51. The van der Waals surface area contributed by atoms with Crippen molar-refractivity contribution in [2.24, 2.45) is 0 Å². The number of benzene rings is 1. The van der Waals surface area contributed by atoms with E-state index in [1.807, 2.05) is 18.2 Å². The highest BCUT2D eigenvalue weighted by Gasteiger charge is 2.15. The normalized spacial score (nSPS) is 13.4. The first kappa shape index (κ1) is 12.0. The van der Waals surface area contributed by atoms with Crippen LogP contribution in [0.2, 0.25) is 0 Å². The zero-order valence-electron chi connectivity index (χ0n) is 10.2. The van der Waals surface area contributed by atoms with Gasteiger partial charge in [0.2, 0.25) is 6.79 Å². The molecule has 0 aliphatic carbocycles. The largest absolute Gasteiger partial charge is 0.454 e. The molecule has 0 radical (unpaired) electrons. The fourth-order valence-corrected chi connectivity index (χ4v) is 1.90. The lowest BCUT2D eigenvalue weighted by Gasteiger charge is -2.23. The minimum atomic E-state index is -0.0551. The summed E-state index contributed by atoms with van der Waals surface area (Å²) in [5, 5.41) is 6.89. The van der Waals surface area contributed by atoms with E-state index >= 15 is 0 Å². The number of hydrogen-bond donors (Lipinski definition) is 2. The van der Waals surface area contributed by atoms with Gasteiger partial charge in [-0.05, 0) is 45.1 Å². The maximum Gasteiger partial charge on any atom is 0.231 e. The van der Waals surface area contributed by atoms with Gasteiger partial charge >= 0.3 is 0 Å². The molecule has 0 aromatic heterocycles. The Morgan fingerprint density at radius 2 is 1.94 bits per heavy atom. The molecule has 5 heteroatoms. The Bertz CT molecular complexity index is 441. The maximum atomic E-state index is 5.30. The van der Waals surface area contributed by atoms with Crippen LogP contribution in [-0.2, 0) is 0 Å². The van der Waals surface area contributed by atoms with Crippen LogP contribution in [0.4, 0.5) is 5.69 Å². The molecule has 0 amide bonds. The van der Waals surface area contributed by atoms with E-state index in [-0.39, 0.29) is 12.3 Å². The minimum absolute atomic E-state index is 0.0551. The molecule has 1 heterocycles. The molecular formula is C12H16N2O2S. The van der Waals surface area contributed by atoms with Crippen molar-refractivity contribution in [1.29, 1.82) is 0 Å². The smallest absolute Gasteiger partial charge is 0.231 e. The summed E-state index contributed by atoms with van der Waals surface area (Å²) in [5.41, 5.74) is 0.830. The van der Waals surface area contributed by atoms with E-state index in [0.717, 1.165) is 17.2 Å². The van der Waals surface area contributed by atoms with Gasteiger partial charge in [0.25, 0.3) is 0 Å². The summed E-state index contributed by atoms with van der Waals surface area (Å²) in [6.07, 6.45) is 0. The maximum absolute atomic E-state index is 5.30. The first-order valence-electron chi connectivity index (χ1n) is 5.43. The summed E-state index contributed by atoms with van der Waals surface area (Å²) in [6, 6.07) is 5.65. The van der Waals surface area contributed by atoms with Gasteiger partial charge in [0.1, 0.15) is 0 Å². The van der Waals surface area contributed by atoms with Gasteiger partial charge in [-0.1, -0.05) is 0 Å². The van der Waals surface area contributed by atoms with E-state index in [0.29, 0.717) is 5.11 Å². The van der Waals surface area contributed by atoms with Gasteiger partial charge in [0.15, 0.2) is 16.6 Å². The molecule has 2 N–H and O–H groups in total. The number of fused-ring (bicyclic) bond motifs is 1. The molecule has 1 aliphatic rings. The number of anilines is 1. The molecule has 0 atom stereocenters. The monoisotopic (exact) mass is 252 g/mol. The fraction of sp³-hybridized carbons (Fsp3) is 0.417. The van der Waals surface area contributed by atoms with Crippen molar-refractivity contribution in [3.63, 3.8) is 0 Å². The summed E-state index contributed by atoms with van der Waals surface area (Å²) in [6.45, 7) is 6.45. The van der Waals surface area contributed by atoms with Crippen LogP contribution < -0.4 is 20.1 Å². The molecule has 0 saturated carbocycles. The predicted molar refractivity (Wildman–Crippen MR) is 71.7 cm³/mol. The van der Waals surface area contributed by atoms with Crippen molar-refractivity contribution in [3.8, 4) is 11.5 Å². The zero-order chi connectivity index (χ0) is 12.5. The number of rotatable bonds is 1. The second-order valence-electron chi connectivity index (χ2n) is 4.90. The molecule has 0 unspecified atom stereocenters. The first-order chi connectivity index (χ1) is 7.94. The van der Waals surface area contributed by atoms with Gasteiger partial charge in [-0.3, -0.25) is 0 Å². The number of hydrogen-bond acceptors (Lipinski definition) is 3. The van der Waals surface area contributed by atoms with Crippen LogP contribution in [0, 0.1) is 0 Å². The van der Waals surface area contributed by atoms with Crippen molar-refractivity contribution in [2.45, 2.75) is 26.3 Å². The van der Waals surface area contributed by atoms with Crippen LogP contribution in [0.25, 0.3) is 0 Å². The van der Waals surface area contributed by atoms with E-state index in [9.17, 15) is 0 Å². The number of thiocarbonyl (C=S) groups is 1. The lowest BCUT2D eigenvalue weighted by atomic mass is 10.1. The van der Waals surface area contributed by atoms with Gasteiger partial charge < -0.3 is 20.1 Å². The molecule has 0 spiro atoms. The van der Waals surface area contributed by atoms with Gasteiger partial charge in [-0.2, -0.15) is 0 Å². The third-order valence-corrected chi connectivity index (χ3v) is 2.32. The summed E-state index contributed by atoms with van der Waals surface area (Å²) in [4.78, 5) is 0.